The van der Waals surface area contributed by atoms with Crippen molar-refractivity contribution < 1.29 is 13.2 Å². The van der Waals surface area contributed by atoms with E-state index in [9.17, 15) is 13.2 Å². The Morgan fingerprint density at radius 1 is 1.36 bits per heavy atom. The number of H-pyrrole nitrogens is 1. The van der Waals surface area contributed by atoms with Crippen molar-refractivity contribution in [3.05, 3.63) is 18.0 Å². The van der Waals surface area contributed by atoms with Gasteiger partial charge in [-0.3, -0.25) is 4.79 Å². The van der Waals surface area contributed by atoms with Crippen LogP contribution in [0.1, 0.15) is 43.6 Å². The molecule has 1 aromatic rings. The number of aromatic nitrogens is 1. The van der Waals surface area contributed by atoms with Gasteiger partial charge in [0.1, 0.15) is 10.6 Å². The highest BCUT2D eigenvalue weighted by Crippen LogP contribution is 2.22. The Morgan fingerprint density at radius 2 is 2.00 bits per heavy atom. The fourth-order valence-corrected chi connectivity index (χ4v) is 4.22. The zero-order valence-corrected chi connectivity index (χ0v) is 16.7. The van der Waals surface area contributed by atoms with Crippen molar-refractivity contribution in [2.45, 2.75) is 44.0 Å². The first-order chi connectivity index (χ1) is 11.3. The lowest BCUT2D eigenvalue weighted by Gasteiger charge is -2.31. The van der Waals surface area contributed by atoms with Crippen LogP contribution < -0.4 is 10.0 Å². The number of sulfonamides is 1. The number of rotatable bonds is 7. The Morgan fingerprint density at radius 3 is 2.56 bits per heavy atom. The molecule has 0 radical (unpaired) electrons. The van der Waals surface area contributed by atoms with E-state index in [0.717, 1.165) is 38.9 Å². The second kappa shape index (κ2) is 9.56. The number of nitrogens with zero attached hydrogens (tertiary/aromatic N) is 1. The predicted molar refractivity (Wildman–Crippen MR) is 101 cm³/mol. The molecule has 0 aliphatic carbocycles. The van der Waals surface area contributed by atoms with Crippen LogP contribution in [0.15, 0.2) is 17.2 Å². The number of carbonyl (C=O) groups is 1. The zero-order chi connectivity index (χ0) is 17.7. The Kier molecular flexibility index (Phi) is 8.40. The number of halogens is 1. The molecule has 0 aromatic carbocycles. The van der Waals surface area contributed by atoms with Gasteiger partial charge in [0.25, 0.3) is 5.91 Å². The summed E-state index contributed by atoms with van der Waals surface area (Å²) in [6.07, 6.45) is 4.49. The number of nitrogens with one attached hydrogen (secondary N) is 3. The molecule has 1 aliphatic heterocycles. The zero-order valence-electron chi connectivity index (χ0n) is 15.0. The SMILES string of the molecule is CNCCC1CCN(C(=O)c2cc(S(=O)(=O)NC(C)C)c[nH]2)CC1.Cl. The van der Waals surface area contributed by atoms with E-state index in [2.05, 4.69) is 15.0 Å². The first kappa shape index (κ1) is 22.0. The first-order valence-corrected chi connectivity index (χ1v) is 9.96. The van der Waals surface area contributed by atoms with Gasteiger partial charge in [-0.2, -0.15) is 0 Å². The van der Waals surface area contributed by atoms with Gasteiger partial charge in [-0.25, -0.2) is 13.1 Å². The van der Waals surface area contributed by atoms with Crippen molar-refractivity contribution in [3.63, 3.8) is 0 Å². The average molecular weight is 393 g/mol. The predicted octanol–water partition coefficient (Wildman–Crippen LogP) is 1.58. The summed E-state index contributed by atoms with van der Waals surface area (Å²) in [6, 6.07) is 1.22. The molecule has 0 saturated carbocycles. The number of piperidine rings is 1. The molecule has 0 bridgehead atoms. The van der Waals surface area contributed by atoms with Crippen LogP contribution in [0.2, 0.25) is 0 Å². The molecule has 1 aromatic heterocycles. The molecule has 1 amide bonds. The number of hydrogen-bond donors (Lipinski definition) is 3. The summed E-state index contributed by atoms with van der Waals surface area (Å²) < 4.78 is 26.8. The Bertz CT molecular complexity index is 652. The van der Waals surface area contributed by atoms with Gasteiger partial charge in [-0.15, -0.1) is 12.4 Å². The number of carbonyl (C=O) groups excluding carboxylic acids is 1. The van der Waals surface area contributed by atoms with Gasteiger partial charge in [-0.05, 0) is 58.7 Å². The quantitative estimate of drug-likeness (QED) is 0.656. The van der Waals surface area contributed by atoms with Crippen molar-refractivity contribution in [1.82, 2.24) is 19.9 Å². The van der Waals surface area contributed by atoms with E-state index in [1.807, 2.05) is 7.05 Å². The van der Waals surface area contributed by atoms with Crippen LogP contribution in [0.3, 0.4) is 0 Å². The fourth-order valence-electron chi connectivity index (χ4n) is 2.97. The molecule has 2 rings (SSSR count). The molecule has 7 nitrogen and oxygen atoms in total. The molecule has 3 N–H and O–H groups in total. The van der Waals surface area contributed by atoms with Crippen LogP contribution in [-0.2, 0) is 10.0 Å². The maximum atomic E-state index is 12.6. The van der Waals surface area contributed by atoms with E-state index >= 15 is 0 Å². The number of amides is 1. The van der Waals surface area contributed by atoms with Gasteiger partial charge in [-0.1, -0.05) is 0 Å². The average Bonchev–Trinajstić information content (AvgIpc) is 3.02. The molecule has 1 saturated heterocycles. The fraction of sp³-hybridized carbons (Fsp3) is 0.688. The molecule has 2 heterocycles. The highest BCUT2D eigenvalue weighted by atomic mass is 35.5. The number of hydrogen-bond acceptors (Lipinski definition) is 4. The summed E-state index contributed by atoms with van der Waals surface area (Å²) >= 11 is 0. The first-order valence-electron chi connectivity index (χ1n) is 8.48. The molecular formula is C16H29ClN4O3S. The van der Waals surface area contributed by atoms with Crippen LogP contribution in [0.25, 0.3) is 0 Å². The summed E-state index contributed by atoms with van der Waals surface area (Å²) in [6.45, 7) is 5.96. The van der Waals surface area contributed by atoms with Crippen molar-refractivity contribution in [2.24, 2.45) is 5.92 Å². The van der Waals surface area contributed by atoms with E-state index in [1.54, 1.807) is 18.7 Å². The third-order valence-corrected chi connectivity index (χ3v) is 5.93. The van der Waals surface area contributed by atoms with Gasteiger partial charge in [0.2, 0.25) is 10.0 Å². The van der Waals surface area contributed by atoms with E-state index in [1.165, 1.54) is 12.3 Å². The molecule has 0 atom stereocenters. The maximum Gasteiger partial charge on any atom is 0.270 e. The highest BCUT2D eigenvalue weighted by molar-refractivity contribution is 7.89. The minimum atomic E-state index is -3.58. The van der Waals surface area contributed by atoms with E-state index in [4.69, 9.17) is 0 Å². The Hall–Kier alpha value is -1.09. The summed E-state index contributed by atoms with van der Waals surface area (Å²) in [4.78, 5) is 17.3. The van der Waals surface area contributed by atoms with Crippen LogP contribution in [-0.4, -0.2) is 56.9 Å². The van der Waals surface area contributed by atoms with Crippen molar-refractivity contribution in [1.29, 1.82) is 0 Å². The summed E-state index contributed by atoms with van der Waals surface area (Å²) in [5.41, 5.74) is 0.327. The summed E-state index contributed by atoms with van der Waals surface area (Å²) in [7, 11) is -1.63. The van der Waals surface area contributed by atoms with Gasteiger partial charge < -0.3 is 15.2 Å². The molecule has 144 valence electrons. The molecular weight excluding hydrogens is 364 g/mol. The molecule has 0 unspecified atom stereocenters. The third-order valence-electron chi connectivity index (χ3n) is 4.29. The van der Waals surface area contributed by atoms with Gasteiger partial charge in [0.05, 0.1) is 0 Å². The minimum Gasteiger partial charge on any atom is -0.356 e. The minimum absolute atomic E-state index is 0. The maximum absolute atomic E-state index is 12.6. The van der Waals surface area contributed by atoms with Gasteiger partial charge >= 0.3 is 0 Å². The standard InChI is InChI=1S/C16H28N4O3S.ClH/c1-12(2)19-24(22,23)14-10-15(18-11-14)16(21)20-8-5-13(6-9-20)4-7-17-3;/h10-13,17-19H,4-9H2,1-3H3;1H. The van der Waals surface area contributed by atoms with E-state index < -0.39 is 10.0 Å². The van der Waals surface area contributed by atoms with Crippen molar-refractivity contribution in [2.75, 3.05) is 26.7 Å². The lowest BCUT2D eigenvalue weighted by Crippen LogP contribution is -2.39. The monoisotopic (exact) mass is 392 g/mol. The van der Waals surface area contributed by atoms with Gasteiger partial charge in [0.15, 0.2) is 0 Å². The summed E-state index contributed by atoms with van der Waals surface area (Å²) in [5.74, 6) is 0.518. The lowest BCUT2D eigenvalue weighted by atomic mass is 9.93. The van der Waals surface area contributed by atoms with Crippen molar-refractivity contribution in [3.8, 4) is 0 Å². The normalized spacial score (nSPS) is 16.1. The highest BCUT2D eigenvalue weighted by Gasteiger charge is 2.26. The topological polar surface area (TPSA) is 94.3 Å². The smallest absolute Gasteiger partial charge is 0.270 e. The largest absolute Gasteiger partial charge is 0.356 e. The number of likely N-dealkylation sites (tertiary alicyclic amines) is 1. The van der Waals surface area contributed by atoms with Crippen LogP contribution >= 0.6 is 12.4 Å². The molecule has 1 fully saturated rings. The van der Waals surface area contributed by atoms with Crippen LogP contribution in [0.4, 0.5) is 0 Å². The second-order valence-corrected chi connectivity index (χ2v) is 8.37. The summed E-state index contributed by atoms with van der Waals surface area (Å²) in [5, 5.41) is 3.16. The van der Waals surface area contributed by atoms with Crippen molar-refractivity contribution >= 4 is 28.3 Å². The van der Waals surface area contributed by atoms with Crippen LogP contribution in [0.5, 0.6) is 0 Å². The van der Waals surface area contributed by atoms with E-state index in [0.29, 0.717) is 11.6 Å². The molecule has 9 heteroatoms. The molecule has 0 spiro atoms. The molecule has 1 aliphatic rings. The van der Waals surface area contributed by atoms with E-state index in [-0.39, 0.29) is 29.3 Å². The number of aromatic amines is 1. The third kappa shape index (κ3) is 5.99. The van der Waals surface area contributed by atoms with Crippen LogP contribution in [0, 0.1) is 5.92 Å². The Labute approximate surface area is 156 Å². The lowest BCUT2D eigenvalue weighted by molar-refractivity contribution is 0.0682. The second-order valence-electron chi connectivity index (χ2n) is 6.65. The van der Waals surface area contributed by atoms with Gasteiger partial charge in [0, 0.05) is 25.3 Å². The Balaban J connectivity index is 0.00000312. The molecule has 25 heavy (non-hydrogen) atoms.